The lowest BCUT2D eigenvalue weighted by Crippen LogP contribution is -2.23. The summed E-state index contributed by atoms with van der Waals surface area (Å²) < 4.78 is 0.982. The van der Waals surface area contributed by atoms with Crippen LogP contribution >= 0.6 is 11.3 Å². The lowest BCUT2D eigenvalue weighted by atomic mass is 10.0. The van der Waals surface area contributed by atoms with E-state index in [4.69, 9.17) is 0 Å². The third kappa shape index (κ3) is 1.72. The van der Waals surface area contributed by atoms with Crippen LogP contribution in [0.5, 0.6) is 5.75 Å². The van der Waals surface area contributed by atoms with Crippen molar-refractivity contribution in [3.05, 3.63) is 16.7 Å². The molecule has 1 amide bonds. The summed E-state index contributed by atoms with van der Waals surface area (Å²) in [4.78, 5) is 18.2. The van der Waals surface area contributed by atoms with Crippen molar-refractivity contribution in [2.45, 2.75) is 33.6 Å². The lowest BCUT2D eigenvalue weighted by molar-refractivity contribution is -0.117. The molecule has 2 aromatic rings. The molecule has 1 N–H and O–H groups in total. The van der Waals surface area contributed by atoms with Crippen LogP contribution in [-0.4, -0.2) is 22.5 Å². The van der Waals surface area contributed by atoms with Gasteiger partial charge in [-0.05, 0) is 38.3 Å². The second-order valence-corrected chi connectivity index (χ2v) is 6.02. The minimum Gasteiger partial charge on any atom is -0.507 e. The summed E-state index contributed by atoms with van der Waals surface area (Å²) in [6.45, 7) is 6.52. The van der Waals surface area contributed by atoms with Gasteiger partial charge in [-0.3, -0.25) is 9.69 Å². The van der Waals surface area contributed by atoms with Crippen LogP contribution < -0.4 is 4.90 Å². The number of phenolic OH excluding ortho intramolecular Hbond substituents is 1. The number of thiazole rings is 1. The van der Waals surface area contributed by atoms with Crippen LogP contribution in [0.2, 0.25) is 0 Å². The van der Waals surface area contributed by atoms with E-state index < -0.39 is 0 Å². The summed E-state index contributed by atoms with van der Waals surface area (Å²) >= 11 is 1.50. The summed E-state index contributed by atoms with van der Waals surface area (Å²) in [6, 6.07) is 0. The lowest BCUT2D eigenvalue weighted by Gasteiger charge is -2.09. The van der Waals surface area contributed by atoms with Crippen LogP contribution in [0.3, 0.4) is 0 Å². The van der Waals surface area contributed by atoms with Gasteiger partial charge in [-0.1, -0.05) is 11.3 Å². The first-order valence-electron chi connectivity index (χ1n) is 6.40. The number of aromatic hydroxyl groups is 1. The van der Waals surface area contributed by atoms with Gasteiger partial charge in [0.2, 0.25) is 5.91 Å². The van der Waals surface area contributed by atoms with Crippen LogP contribution in [0.4, 0.5) is 5.13 Å². The van der Waals surface area contributed by atoms with Crippen molar-refractivity contribution in [3.63, 3.8) is 0 Å². The smallest absolute Gasteiger partial charge is 0.228 e. The maximum Gasteiger partial charge on any atom is 0.228 e. The molecule has 1 aliphatic heterocycles. The Labute approximate surface area is 115 Å². The molecule has 0 unspecified atom stereocenters. The predicted octanol–water partition coefficient (Wildman–Crippen LogP) is 3.05. The number of rotatable bonds is 1. The second kappa shape index (κ2) is 4.20. The molecule has 1 aliphatic rings. The van der Waals surface area contributed by atoms with E-state index in [-0.39, 0.29) is 5.91 Å². The van der Waals surface area contributed by atoms with E-state index in [2.05, 4.69) is 4.98 Å². The number of phenols is 1. The number of anilines is 1. The van der Waals surface area contributed by atoms with Gasteiger partial charge in [0, 0.05) is 18.5 Å². The van der Waals surface area contributed by atoms with Crippen molar-refractivity contribution in [2.24, 2.45) is 0 Å². The van der Waals surface area contributed by atoms with Crippen LogP contribution in [0.1, 0.15) is 29.5 Å². The molecule has 5 heteroatoms. The quantitative estimate of drug-likeness (QED) is 0.871. The van der Waals surface area contributed by atoms with Gasteiger partial charge in [-0.2, -0.15) is 0 Å². The number of carbonyl (C=O) groups excluding carboxylic acids is 1. The Morgan fingerprint density at radius 2 is 1.95 bits per heavy atom. The number of benzene rings is 1. The average Bonchev–Trinajstić information content (AvgIpc) is 2.99. The van der Waals surface area contributed by atoms with Crippen molar-refractivity contribution in [1.82, 2.24) is 4.98 Å². The van der Waals surface area contributed by atoms with E-state index in [1.165, 1.54) is 11.3 Å². The first-order chi connectivity index (χ1) is 9.00. The molecular formula is C14H16N2O2S. The third-order valence-corrected chi connectivity index (χ3v) is 5.09. The molecule has 1 saturated heterocycles. The number of hydrogen-bond acceptors (Lipinski definition) is 4. The number of nitrogens with zero attached hydrogens (tertiary/aromatic N) is 2. The van der Waals surface area contributed by atoms with E-state index in [0.717, 1.165) is 45.0 Å². The van der Waals surface area contributed by atoms with Crippen molar-refractivity contribution in [3.8, 4) is 5.75 Å². The predicted molar refractivity (Wildman–Crippen MR) is 77.1 cm³/mol. The van der Waals surface area contributed by atoms with Crippen molar-refractivity contribution < 1.29 is 9.90 Å². The highest BCUT2D eigenvalue weighted by Crippen LogP contribution is 2.40. The molecule has 0 bridgehead atoms. The number of carbonyl (C=O) groups is 1. The minimum absolute atomic E-state index is 0.148. The molecule has 100 valence electrons. The molecule has 1 fully saturated rings. The zero-order valence-corrected chi connectivity index (χ0v) is 12.1. The summed E-state index contributed by atoms with van der Waals surface area (Å²) in [5.74, 6) is 0.489. The first-order valence-corrected chi connectivity index (χ1v) is 7.22. The molecular weight excluding hydrogens is 260 g/mol. The van der Waals surface area contributed by atoms with Gasteiger partial charge in [0.25, 0.3) is 0 Å². The van der Waals surface area contributed by atoms with Crippen LogP contribution in [0, 0.1) is 20.8 Å². The molecule has 19 heavy (non-hydrogen) atoms. The summed E-state index contributed by atoms with van der Waals surface area (Å²) in [5.41, 5.74) is 3.63. The van der Waals surface area contributed by atoms with Gasteiger partial charge < -0.3 is 5.11 Å². The Kier molecular flexibility index (Phi) is 2.74. The molecule has 0 aliphatic carbocycles. The van der Waals surface area contributed by atoms with E-state index in [1.54, 1.807) is 4.90 Å². The number of aromatic nitrogens is 1. The molecule has 2 heterocycles. The van der Waals surface area contributed by atoms with E-state index in [9.17, 15) is 9.90 Å². The third-order valence-electron chi connectivity index (χ3n) is 3.89. The monoisotopic (exact) mass is 276 g/mol. The van der Waals surface area contributed by atoms with Crippen LogP contribution in [-0.2, 0) is 4.79 Å². The van der Waals surface area contributed by atoms with Gasteiger partial charge in [-0.25, -0.2) is 4.98 Å². The number of amides is 1. The van der Waals surface area contributed by atoms with Crippen molar-refractivity contribution >= 4 is 32.6 Å². The largest absolute Gasteiger partial charge is 0.507 e. The Bertz CT molecular complexity index is 646. The number of hydrogen-bond donors (Lipinski definition) is 1. The molecule has 4 nitrogen and oxygen atoms in total. The van der Waals surface area contributed by atoms with E-state index in [0.29, 0.717) is 12.2 Å². The molecule has 3 rings (SSSR count). The Morgan fingerprint density at radius 3 is 2.58 bits per heavy atom. The fraction of sp³-hybridized carbons (Fsp3) is 0.429. The SMILES string of the molecule is Cc1c(O)c(C)c2sc(N3CCCC3=O)nc2c1C. The van der Waals surface area contributed by atoms with Gasteiger partial charge in [0.05, 0.1) is 10.2 Å². The maximum atomic E-state index is 11.8. The minimum atomic E-state index is 0.148. The Hall–Kier alpha value is -1.62. The fourth-order valence-electron chi connectivity index (χ4n) is 2.53. The highest BCUT2D eigenvalue weighted by Gasteiger charge is 2.26. The molecule has 0 radical (unpaired) electrons. The molecule has 1 aromatic heterocycles. The Morgan fingerprint density at radius 1 is 1.21 bits per heavy atom. The van der Waals surface area contributed by atoms with Crippen molar-refractivity contribution in [1.29, 1.82) is 0 Å². The van der Waals surface area contributed by atoms with Crippen molar-refractivity contribution in [2.75, 3.05) is 11.4 Å². The van der Waals surface area contributed by atoms with E-state index >= 15 is 0 Å². The zero-order valence-electron chi connectivity index (χ0n) is 11.3. The van der Waals surface area contributed by atoms with Crippen LogP contribution in [0.25, 0.3) is 10.2 Å². The molecule has 0 saturated carbocycles. The normalized spacial score (nSPS) is 15.7. The van der Waals surface area contributed by atoms with Crippen LogP contribution in [0.15, 0.2) is 0 Å². The summed E-state index contributed by atoms with van der Waals surface area (Å²) in [6.07, 6.45) is 1.51. The van der Waals surface area contributed by atoms with Gasteiger partial charge in [0.1, 0.15) is 5.75 Å². The highest BCUT2D eigenvalue weighted by molar-refractivity contribution is 7.22. The van der Waals surface area contributed by atoms with Gasteiger partial charge >= 0.3 is 0 Å². The standard InChI is InChI=1S/C14H16N2O2S/c1-7-8(2)12(18)9(3)13-11(7)15-14(19-13)16-6-4-5-10(16)17/h18H,4-6H2,1-3H3. The molecule has 0 atom stereocenters. The van der Waals surface area contributed by atoms with Gasteiger partial charge in [0.15, 0.2) is 5.13 Å². The second-order valence-electron chi connectivity index (χ2n) is 5.05. The first kappa shape index (κ1) is 12.4. The summed E-state index contributed by atoms with van der Waals surface area (Å²) in [7, 11) is 0. The van der Waals surface area contributed by atoms with Gasteiger partial charge in [-0.15, -0.1) is 0 Å². The topological polar surface area (TPSA) is 53.4 Å². The average molecular weight is 276 g/mol. The Balaban J connectivity index is 2.23. The van der Waals surface area contributed by atoms with E-state index in [1.807, 2.05) is 20.8 Å². The summed E-state index contributed by atoms with van der Waals surface area (Å²) in [5, 5.41) is 10.9. The zero-order chi connectivity index (χ0) is 13.7. The number of aryl methyl sites for hydroxylation is 2. The highest BCUT2D eigenvalue weighted by atomic mass is 32.1. The molecule has 1 aromatic carbocycles. The molecule has 0 spiro atoms. The fourth-order valence-corrected chi connectivity index (χ4v) is 3.69. The maximum absolute atomic E-state index is 11.8. The number of fused-ring (bicyclic) bond motifs is 1.